The van der Waals surface area contributed by atoms with Crippen molar-refractivity contribution in [3.8, 4) is 0 Å². The lowest BCUT2D eigenvalue weighted by Gasteiger charge is -2.39. The molecular weight excluding hydrogens is 466 g/mol. The third-order valence-electron chi connectivity index (χ3n) is 9.40. The topological polar surface area (TPSA) is 38.1 Å². The van der Waals surface area contributed by atoms with E-state index in [1.807, 2.05) is 35.2 Å². The Kier molecular flexibility index (Phi) is 13.2. The molecule has 3 unspecified atom stereocenters. The maximum Gasteiger partial charge on any atom is 0.261 e. The lowest BCUT2D eigenvalue weighted by atomic mass is 9.86. The zero-order chi connectivity index (χ0) is 26.3. The van der Waals surface area contributed by atoms with Crippen molar-refractivity contribution < 1.29 is 0 Å². The quantitative estimate of drug-likeness (QED) is 0.375. The fraction of sp³-hybridized carbons (Fsp3) is 0.765. The third kappa shape index (κ3) is 9.50. The number of hydrogen-bond acceptors (Lipinski definition) is 3. The molecule has 0 radical (unpaired) electrons. The molecule has 3 atom stereocenters. The normalized spacial score (nSPS) is 26.9. The van der Waals surface area contributed by atoms with Crippen LogP contribution in [0.15, 0.2) is 35.4 Å². The number of nitrogens with zero attached hydrogens (tertiary/aromatic N) is 3. The third-order valence-corrected chi connectivity index (χ3v) is 9.40. The van der Waals surface area contributed by atoms with Gasteiger partial charge in [0.25, 0.3) is 5.56 Å². The van der Waals surface area contributed by atoms with Gasteiger partial charge in [0.1, 0.15) is 0 Å². The zero-order valence-electron chi connectivity index (χ0n) is 24.3. The molecule has 1 aromatic heterocycles. The van der Waals surface area contributed by atoms with Gasteiger partial charge in [-0.25, -0.2) is 4.98 Å². The fourth-order valence-corrected chi connectivity index (χ4v) is 6.97. The van der Waals surface area contributed by atoms with Gasteiger partial charge < -0.3 is 4.90 Å². The maximum atomic E-state index is 13.5. The summed E-state index contributed by atoms with van der Waals surface area (Å²) in [6, 6.07) is 8.10. The minimum absolute atomic E-state index is 0.149. The molecule has 38 heavy (non-hydrogen) atoms. The number of aromatic nitrogens is 2. The molecule has 4 heterocycles. The Labute approximate surface area is 232 Å². The predicted molar refractivity (Wildman–Crippen MR) is 162 cm³/mol. The second kappa shape index (κ2) is 17.1. The Hall–Kier alpha value is -1.68. The number of benzene rings is 1. The first-order valence-corrected chi connectivity index (χ1v) is 16.5. The summed E-state index contributed by atoms with van der Waals surface area (Å²) in [5.41, 5.74) is 0.969. The van der Waals surface area contributed by atoms with Gasteiger partial charge in [-0.05, 0) is 50.4 Å². The van der Waals surface area contributed by atoms with Crippen molar-refractivity contribution in [1.29, 1.82) is 0 Å². The largest absolute Gasteiger partial charge is 0.301 e. The van der Waals surface area contributed by atoms with Crippen LogP contribution >= 0.6 is 0 Å². The van der Waals surface area contributed by atoms with E-state index in [1.165, 1.54) is 148 Å². The predicted octanol–water partition coefficient (Wildman–Crippen LogP) is 9.08. The van der Waals surface area contributed by atoms with E-state index in [9.17, 15) is 4.79 Å². The highest BCUT2D eigenvalue weighted by atomic mass is 16.1. The fourth-order valence-electron chi connectivity index (χ4n) is 6.97. The van der Waals surface area contributed by atoms with Gasteiger partial charge in [-0.3, -0.25) is 9.36 Å². The zero-order valence-corrected chi connectivity index (χ0v) is 24.3. The number of para-hydroxylation sites is 1. The van der Waals surface area contributed by atoms with Crippen LogP contribution in [0, 0.1) is 5.92 Å². The van der Waals surface area contributed by atoms with Gasteiger partial charge >= 0.3 is 0 Å². The van der Waals surface area contributed by atoms with Crippen molar-refractivity contribution in [3.63, 3.8) is 0 Å². The highest BCUT2D eigenvalue weighted by molar-refractivity contribution is 5.76. The molecule has 0 aliphatic carbocycles. The van der Waals surface area contributed by atoms with Gasteiger partial charge in [0, 0.05) is 6.54 Å². The van der Waals surface area contributed by atoms with Crippen LogP contribution in [0.2, 0.25) is 0 Å². The molecule has 3 aliphatic rings. The highest BCUT2D eigenvalue weighted by Crippen LogP contribution is 2.32. The summed E-state index contributed by atoms with van der Waals surface area (Å²) >= 11 is 0. The molecule has 1 aromatic carbocycles. The average Bonchev–Trinajstić information content (AvgIpc) is 2.94. The van der Waals surface area contributed by atoms with Crippen LogP contribution in [0.5, 0.6) is 0 Å². The molecule has 2 aromatic rings. The van der Waals surface area contributed by atoms with Crippen LogP contribution in [0.1, 0.15) is 141 Å². The Morgan fingerprint density at radius 1 is 0.605 bits per heavy atom. The van der Waals surface area contributed by atoms with Crippen LogP contribution in [0.4, 0.5) is 0 Å². The number of rotatable bonds is 1. The van der Waals surface area contributed by atoms with Gasteiger partial charge in [0.05, 0.1) is 23.3 Å². The van der Waals surface area contributed by atoms with Crippen molar-refractivity contribution in [3.05, 3.63) is 40.9 Å². The first kappa shape index (κ1) is 29.3. The molecule has 0 amide bonds. The molecule has 2 bridgehead atoms. The van der Waals surface area contributed by atoms with Crippen molar-refractivity contribution in [1.82, 2.24) is 14.5 Å². The lowest BCUT2D eigenvalue weighted by molar-refractivity contribution is 0.112. The molecule has 3 saturated heterocycles. The van der Waals surface area contributed by atoms with Gasteiger partial charge in [-0.2, -0.15) is 0 Å². The molecule has 4 nitrogen and oxygen atoms in total. The SMILES string of the molecule is O=c1c2ccccc2ncn1C1CN2CCCCCCCCCCCCCCCCCCCCCC1CC2. The van der Waals surface area contributed by atoms with Crippen LogP contribution < -0.4 is 5.56 Å². The van der Waals surface area contributed by atoms with Crippen LogP contribution in [-0.2, 0) is 0 Å². The van der Waals surface area contributed by atoms with Crippen LogP contribution in [0.25, 0.3) is 10.9 Å². The van der Waals surface area contributed by atoms with Crippen LogP contribution in [0.3, 0.4) is 0 Å². The van der Waals surface area contributed by atoms with Crippen molar-refractivity contribution in [2.24, 2.45) is 5.92 Å². The molecule has 0 saturated carbocycles. The first-order valence-electron chi connectivity index (χ1n) is 16.5. The smallest absolute Gasteiger partial charge is 0.261 e. The number of hydrogen-bond donors (Lipinski definition) is 0. The van der Waals surface area contributed by atoms with E-state index in [-0.39, 0.29) is 11.6 Å². The summed E-state index contributed by atoms with van der Waals surface area (Å²) in [6.07, 6.45) is 31.0. The first-order chi connectivity index (χ1) is 18.8. The Balaban J connectivity index is 1.35. The van der Waals surface area contributed by atoms with Gasteiger partial charge in [-0.15, -0.1) is 0 Å². The minimum Gasteiger partial charge on any atom is -0.301 e. The summed E-state index contributed by atoms with van der Waals surface area (Å²) in [5.74, 6) is 0.585. The minimum atomic E-state index is 0.149. The van der Waals surface area contributed by atoms with Gasteiger partial charge in [0.2, 0.25) is 0 Å². The monoisotopic (exact) mass is 521 g/mol. The summed E-state index contributed by atoms with van der Waals surface area (Å²) in [5, 5.41) is 0.765. The van der Waals surface area contributed by atoms with E-state index in [0.717, 1.165) is 17.4 Å². The summed E-state index contributed by atoms with van der Waals surface area (Å²) < 4.78 is 2.01. The lowest BCUT2D eigenvalue weighted by Crippen LogP contribution is -2.44. The van der Waals surface area contributed by atoms with Crippen LogP contribution in [-0.4, -0.2) is 34.1 Å². The maximum absolute atomic E-state index is 13.5. The number of fused-ring (bicyclic) bond motifs is 23. The Bertz CT molecular complexity index is 966. The van der Waals surface area contributed by atoms with E-state index in [1.54, 1.807) is 0 Å². The molecule has 0 N–H and O–H groups in total. The summed E-state index contributed by atoms with van der Waals surface area (Å²) in [6.45, 7) is 3.38. The van der Waals surface area contributed by atoms with E-state index in [0.29, 0.717) is 5.92 Å². The molecule has 3 fully saturated rings. The van der Waals surface area contributed by atoms with Gasteiger partial charge in [-0.1, -0.05) is 128 Å². The molecule has 0 spiro atoms. The van der Waals surface area contributed by atoms with Crippen molar-refractivity contribution >= 4 is 10.9 Å². The van der Waals surface area contributed by atoms with E-state index < -0.39 is 0 Å². The average molecular weight is 522 g/mol. The highest BCUT2D eigenvalue weighted by Gasteiger charge is 2.31. The van der Waals surface area contributed by atoms with Crippen molar-refractivity contribution in [2.45, 2.75) is 141 Å². The number of piperidine rings is 1. The standard InChI is InChI=1S/C34H55N3O/c38-34-31-23-19-20-24-32(31)35-29-37(34)33-28-36-26-21-17-15-13-11-9-7-5-3-1-2-4-6-8-10-12-14-16-18-22-30(33)25-27-36/h19-20,23-24,29-30,33H,1-18,21-22,25-28H2. The Morgan fingerprint density at radius 3 is 1.74 bits per heavy atom. The molecule has 4 heteroatoms. The second-order valence-corrected chi connectivity index (χ2v) is 12.4. The molecule has 5 rings (SSSR count). The molecule has 3 aliphatic heterocycles. The van der Waals surface area contributed by atoms with Crippen molar-refractivity contribution in [2.75, 3.05) is 19.6 Å². The summed E-state index contributed by atoms with van der Waals surface area (Å²) in [4.78, 5) is 20.9. The summed E-state index contributed by atoms with van der Waals surface area (Å²) in [7, 11) is 0. The van der Waals surface area contributed by atoms with E-state index in [2.05, 4.69) is 4.90 Å². The second-order valence-electron chi connectivity index (χ2n) is 12.4. The molecular formula is C34H55N3O. The molecule has 212 valence electrons. The van der Waals surface area contributed by atoms with E-state index >= 15 is 0 Å². The Morgan fingerprint density at radius 2 is 1.13 bits per heavy atom. The van der Waals surface area contributed by atoms with Gasteiger partial charge in [0.15, 0.2) is 0 Å². The van der Waals surface area contributed by atoms with E-state index in [4.69, 9.17) is 4.98 Å².